The van der Waals surface area contributed by atoms with Crippen LogP contribution in [0.2, 0.25) is 0 Å². The molecule has 1 saturated carbocycles. The molecule has 0 saturated heterocycles. The fourth-order valence-electron chi connectivity index (χ4n) is 3.60. The van der Waals surface area contributed by atoms with E-state index >= 15 is 0 Å². The van der Waals surface area contributed by atoms with Crippen molar-refractivity contribution < 1.29 is 9.90 Å². The van der Waals surface area contributed by atoms with Gasteiger partial charge in [0.2, 0.25) is 0 Å². The van der Waals surface area contributed by atoms with Crippen molar-refractivity contribution in [1.82, 2.24) is 24.7 Å². The average Bonchev–Trinajstić information content (AvgIpc) is 3.29. The van der Waals surface area contributed by atoms with Gasteiger partial charge in [0.05, 0.1) is 17.7 Å². The molecule has 3 heterocycles. The third kappa shape index (κ3) is 3.15. The molecule has 0 radical (unpaired) electrons. The molecule has 7 heteroatoms. The molecule has 0 spiro atoms. The molecule has 7 nitrogen and oxygen atoms in total. The molecule has 0 aromatic carbocycles. The molecular weight excluding hydrogens is 318 g/mol. The molecule has 0 aliphatic heterocycles. The van der Waals surface area contributed by atoms with Crippen LogP contribution in [0.15, 0.2) is 42.7 Å². The van der Waals surface area contributed by atoms with Gasteiger partial charge in [-0.05, 0) is 49.9 Å². The highest BCUT2D eigenvalue weighted by molar-refractivity contribution is 5.93. The first kappa shape index (κ1) is 15.8. The van der Waals surface area contributed by atoms with E-state index in [9.17, 15) is 9.90 Å². The van der Waals surface area contributed by atoms with Crippen molar-refractivity contribution in [3.8, 4) is 0 Å². The zero-order valence-corrected chi connectivity index (χ0v) is 14.0. The zero-order valence-electron chi connectivity index (χ0n) is 14.0. The average molecular weight is 339 g/mol. The molecule has 0 bridgehead atoms. The van der Waals surface area contributed by atoms with Crippen molar-refractivity contribution in [3.05, 3.63) is 54.1 Å². The lowest BCUT2D eigenvalue weighted by Gasteiger charge is -2.15. The highest BCUT2D eigenvalue weighted by Crippen LogP contribution is 2.27. The fraction of sp³-hybridized carbons (Fsp3) is 0.389. The predicted octanol–water partition coefficient (Wildman–Crippen LogP) is 1.41. The third-order valence-electron chi connectivity index (χ3n) is 4.86. The van der Waals surface area contributed by atoms with E-state index in [4.69, 9.17) is 0 Å². The molecule has 1 fully saturated rings. The van der Waals surface area contributed by atoms with Crippen LogP contribution >= 0.6 is 0 Å². The minimum Gasteiger partial charge on any atom is -0.391 e. The molecule has 1 aliphatic carbocycles. The van der Waals surface area contributed by atoms with Crippen molar-refractivity contribution in [2.75, 3.05) is 0 Å². The van der Waals surface area contributed by atoms with E-state index < -0.39 is 6.10 Å². The second-order valence-corrected chi connectivity index (χ2v) is 6.75. The zero-order chi connectivity index (χ0) is 17.4. The molecule has 25 heavy (non-hydrogen) atoms. The van der Waals surface area contributed by atoms with E-state index in [1.807, 2.05) is 42.1 Å². The van der Waals surface area contributed by atoms with Crippen LogP contribution in [0.1, 0.15) is 29.0 Å². The van der Waals surface area contributed by atoms with Crippen LogP contribution in [-0.2, 0) is 6.54 Å². The van der Waals surface area contributed by atoms with E-state index in [0.29, 0.717) is 18.0 Å². The summed E-state index contributed by atoms with van der Waals surface area (Å²) in [5.74, 6) is 0.0513. The smallest absolute Gasteiger partial charge is 0.272 e. The Bertz CT molecular complexity index is 886. The van der Waals surface area contributed by atoms with Crippen molar-refractivity contribution in [2.45, 2.75) is 38.5 Å². The molecule has 4 rings (SSSR count). The SMILES string of the molecule is Cc1cccc2cc(C(=O)N[C@@H]3CC(Cn4cccn4)C[C@H]3O)nn12. The van der Waals surface area contributed by atoms with Crippen LogP contribution in [0.25, 0.3) is 5.52 Å². The van der Waals surface area contributed by atoms with Crippen LogP contribution in [0, 0.1) is 12.8 Å². The number of nitrogens with one attached hydrogen (secondary N) is 1. The summed E-state index contributed by atoms with van der Waals surface area (Å²) in [6, 6.07) is 9.21. The Balaban J connectivity index is 1.43. The Kier molecular flexibility index (Phi) is 4.01. The summed E-state index contributed by atoms with van der Waals surface area (Å²) in [4.78, 5) is 12.5. The van der Waals surface area contributed by atoms with E-state index in [0.717, 1.165) is 24.2 Å². The number of hydrogen-bond donors (Lipinski definition) is 2. The summed E-state index contributed by atoms with van der Waals surface area (Å²) < 4.78 is 3.62. The first-order valence-electron chi connectivity index (χ1n) is 8.52. The van der Waals surface area contributed by atoms with E-state index in [2.05, 4.69) is 15.5 Å². The fourth-order valence-corrected chi connectivity index (χ4v) is 3.60. The van der Waals surface area contributed by atoms with Crippen LogP contribution in [0.4, 0.5) is 0 Å². The molecule has 1 amide bonds. The lowest BCUT2D eigenvalue weighted by atomic mass is 10.1. The number of aryl methyl sites for hydroxylation is 1. The van der Waals surface area contributed by atoms with Gasteiger partial charge < -0.3 is 10.4 Å². The largest absolute Gasteiger partial charge is 0.391 e. The van der Waals surface area contributed by atoms with E-state index in [-0.39, 0.29) is 11.9 Å². The molecule has 1 aliphatic rings. The molecule has 3 aromatic heterocycles. The molecular formula is C18H21N5O2. The lowest BCUT2D eigenvalue weighted by Crippen LogP contribution is -2.40. The quantitative estimate of drug-likeness (QED) is 0.753. The first-order chi connectivity index (χ1) is 12.1. The molecule has 2 N–H and O–H groups in total. The van der Waals surface area contributed by atoms with E-state index in [1.54, 1.807) is 16.8 Å². The molecule has 3 atom stereocenters. The topological polar surface area (TPSA) is 84.5 Å². The minimum absolute atomic E-state index is 0.244. The summed E-state index contributed by atoms with van der Waals surface area (Å²) in [5, 5.41) is 21.8. The maximum absolute atomic E-state index is 12.5. The maximum atomic E-state index is 12.5. The number of aromatic nitrogens is 4. The number of hydrogen-bond acceptors (Lipinski definition) is 4. The Morgan fingerprint density at radius 2 is 2.24 bits per heavy atom. The van der Waals surface area contributed by atoms with Crippen LogP contribution in [0.3, 0.4) is 0 Å². The molecule has 130 valence electrons. The summed E-state index contributed by atoms with van der Waals surface area (Å²) in [6.07, 6.45) is 4.52. The van der Waals surface area contributed by atoms with Crippen LogP contribution in [-0.4, -0.2) is 42.6 Å². The number of aliphatic hydroxyl groups excluding tert-OH is 1. The summed E-state index contributed by atoms with van der Waals surface area (Å²) >= 11 is 0. The highest BCUT2D eigenvalue weighted by Gasteiger charge is 2.34. The molecule has 3 aromatic rings. The predicted molar refractivity (Wildman–Crippen MR) is 92.1 cm³/mol. The normalized spacial score (nSPS) is 23.2. The number of carbonyl (C=O) groups excluding carboxylic acids is 1. The first-order valence-corrected chi connectivity index (χ1v) is 8.52. The number of pyridine rings is 1. The van der Waals surface area contributed by atoms with Crippen molar-refractivity contribution in [1.29, 1.82) is 0 Å². The van der Waals surface area contributed by atoms with Crippen LogP contribution < -0.4 is 5.32 Å². The Morgan fingerprint density at radius 1 is 1.36 bits per heavy atom. The van der Waals surface area contributed by atoms with Gasteiger partial charge in [0.1, 0.15) is 0 Å². The Morgan fingerprint density at radius 3 is 3.00 bits per heavy atom. The van der Waals surface area contributed by atoms with Gasteiger partial charge >= 0.3 is 0 Å². The lowest BCUT2D eigenvalue weighted by molar-refractivity contribution is 0.0867. The second-order valence-electron chi connectivity index (χ2n) is 6.75. The standard InChI is InChI=1S/C18H21N5O2/c1-12-4-2-5-14-10-16(21-23(12)14)18(25)20-15-8-13(9-17(15)24)11-22-7-3-6-19-22/h2-7,10,13,15,17,24H,8-9,11H2,1H3,(H,20,25)/t13?,15-,17-/m1/s1. The number of amides is 1. The number of fused-ring (bicyclic) bond motifs is 1. The van der Waals surface area contributed by atoms with Gasteiger partial charge in [-0.2, -0.15) is 10.2 Å². The highest BCUT2D eigenvalue weighted by atomic mass is 16.3. The summed E-state index contributed by atoms with van der Waals surface area (Å²) in [5.41, 5.74) is 2.22. The number of rotatable bonds is 4. The van der Waals surface area contributed by atoms with Gasteiger partial charge in [0.25, 0.3) is 5.91 Å². The monoisotopic (exact) mass is 339 g/mol. The Hall–Kier alpha value is -2.67. The van der Waals surface area contributed by atoms with E-state index in [1.165, 1.54) is 0 Å². The van der Waals surface area contributed by atoms with Gasteiger partial charge in [0.15, 0.2) is 5.69 Å². The number of carbonyl (C=O) groups is 1. The van der Waals surface area contributed by atoms with Gasteiger partial charge in [-0.1, -0.05) is 6.07 Å². The second kappa shape index (κ2) is 6.33. The van der Waals surface area contributed by atoms with Gasteiger partial charge in [0, 0.05) is 24.6 Å². The van der Waals surface area contributed by atoms with Gasteiger partial charge in [-0.25, -0.2) is 4.52 Å². The minimum atomic E-state index is -0.539. The maximum Gasteiger partial charge on any atom is 0.272 e. The molecule has 1 unspecified atom stereocenters. The van der Waals surface area contributed by atoms with Crippen LogP contribution in [0.5, 0.6) is 0 Å². The van der Waals surface area contributed by atoms with Crippen molar-refractivity contribution in [2.24, 2.45) is 5.92 Å². The number of aliphatic hydroxyl groups is 1. The van der Waals surface area contributed by atoms with Crippen molar-refractivity contribution in [3.63, 3.8) is 0 Å². The number of nitrogens with zero attached hydrogens (tertiary/aromatic N) is 4. The summed E-state index contributed by atoms with van der Waals surface area (Å²) in [6.45, 7) is 2.70. The third-order valence-corrected chi connectivity index (χ3v) is 4.86. The Labute approximate surface area is 145 Å². The van der Waals surface area contributed by atoms with Gasteiger partial charge in [-0.15, -0.1) is 0 Å². The van der Waals surface area contributed by atoms with Gasteiger partial charge in [-0.3, -0.25) is 9.48 Å². The summed E-state index contributed by atoms with van der Waals surface area (Å²) in [7, 11) is 0. The van der Waals surface area contributed by atoms with Crippen molar-refractivity contribution >= 4 is 11.4 Å².